The lowest BCUT2D eigenvalue weighted by molar-refractivity contribution is -0.134. The standard InChI is InChI=1S/C23H30N4O4S/c1-17-4-8-20(9-5-17)24-22(28)16-26-12-14-27(15-13-26)23(29)19(3)25-32(30,31)21-10-6-18(2)7-11-21/h4-11,19,25H,12-16H2,1-3H3,(H,24,28). The van der Waals surface area contributed by atoms with Gasteiger partial charge in [-0.1, -0.05) is 35.4 Å². The number of carbonyl (C=O) groups excluding carboxylic acids is 2. The fraction of sp³-hybridized carbons (Fsp3) is 0.391. The van der Waals surface area contributed by atoms with Crippen molar-refractivity contribution in [1.82, 2.24) is 14.5 Å². The molecule has 1 atom stereocenters. The smallest absolute Gasteiger partial charge is 0.241 e. The lowest BCUT2D eigenvalue weighted by Crippen LogP contribution is -2.54. The normalized spacial score (nSPS) is 15.9. The Labute approximate surface area is 189 Å². The monoisotopic (exact) mass is 458 g/mol. The Kier molecular flexibility index (Phi) is 7.65. The molecule has 3 rings (SSSR count). The van der Waals surface area contributed by atoms with Gasteiger partial charge in [-0.2, -0.15) is 4.72 Å². The number of amides is 2. The van der Waals surface area contributed by atoms with Crippen LogP contribution < -0.4 is 10.0 Å². The molecule has 1 aliphatic rings. The van der Waals surface area contributed by atoms with Gasteiger partial charge in [-0.15, -0.1) is 0 Å². The van der Waals surface area contributed by atoms with Crippen molar-refractivity contribution in [2.45, 2.75) is 31.7 Å². The average Bonchev–Trinajstić information content (AvgIpc) is 2.75. The van der Waals surface area contributed by atoms with Crippen molar-refractivity contribution in [1.29, 1.82) is 0 Å². The second-order valence-corrected chi connectivity index (χ2v) is 9.89. The van der Waals surface area contributed by atoms with Crippen LogP contribution in [-0.2, 0) is 19.6 Å². The van der Waals surface area contributed by atoms with Crippen molar-refractivity contribution >= 4 is 27.5 Å². The maximum absolute atomic E-state index is 12.8. The van der Waals surface area contributed by atoms with Gasteiger partial charge in [0.25, 0.3) is 0 Å². The van der Waals surface area contributed by atoms with E-state index < -0.39 is 16.1 Å². The predicted molar refractivity (Wildman–Crippen MR) is 124 cm³/mol. The molecule has 1 unspecified atom stereocenters. The number of hydrogen-bond donors (Lipinski definition) is 2. The molecular formula is C23H30N4O4S. The van der Waals surface area contributed by atoms with Crippen molar-refractivity contribution in [3.63, 3.8) is 0 Å². The van der Waals surface area contributed by atoms with Crippen LogP contribution in [0, 0.1) is 13.8 Å². The number of nitrogens with one attached hydrogen (secondary N) is 2. The van der Waals surface area contributed by atoms with Crippen LogP contribution >= 0.6 is 0 Å². The van der Waals surface area contributed by atoms with Crippen LogP contribution in [0.15, 0.2) is 53.4 Å². The minimum absolute atomic E-state index is 0.104. The fourth-order valence-corrected chi connectivity index (χ4v) is 4.71. The lowest BCUT2D eigenvalue weighted by Gasteiger charge is -2.35. The highest BCUT2D eigenvalue weighted by Crippen LogP contribution is 2.12. The summed E-state index contributed by atoms with van der Waals surface area (Å²) in [4.78, 5) is 28.8. The van der Waals surface area contributed by atoms with Gasteiger partial charge in [-0.3, -0.25) is 14.5 Å². The summed E-state index contributed by atoms with van der Waals surface area (Å²) in [5, 5.41) is 2.88. The fourth-order valence-electron chi connectivity index (χ4n) is 3.51. The Morgan fingerprint density at radius 2 is 1.44 bits per heavy atom. The van der Waals surface area contributed by atoms with Crippen molar-refractivity contribution in [2.75, 3.05) is 38.0 Å². The summed E-state index contributed by atoms with van der Waals surface area (Å²) in [6, 6.07) is 13.2. The first-order valence-electron chi connectivity index (χ1n) is 10.6. The Morgan fingerprint density at radius 3 is 2.00 bits per heavy atom. The molecule has 0 spiro atoms. The topological polar surface area (TPSA) is 98.8 Å². The van der Waals surface area contributed by atoms with Crippen molar-refractivity contribution in [3.05, 3.63) is 59.7 Å². The second-order valence-electron chi connectivity index (χ2n) is 8.17. The van der Waals surface area contributed by atoms with E-state index in [1.54, 1.807) is 24.0 Å². The number of piperazine rings is 1. The molecule has 8 nitrogen and oxygen atoms in total. The van der Waals surface area contributed by atoms with E-state index >= 15 is 0 Å². The van der Waals surface area contributed by atoms with Crippen LogP contribution in [0.3, 0.4) is 0 Å². The SMILES string of the molecule is Cc1ccc(NC(=O)CN2CCN(C(=O)C(C)NS(=O)(=O)c3ccc(C)cc3)CC2)cc1. The number of hydrogen-bond acceptors (Lipinski definition) is 5. The van der Waals surface area contributed by atoms with Crippen molar-refractivity contribution in [3.8, 4) is 0 Å². The van der Waals surface area contributed by atoms with Gasteiger partial charge in [0, 0.05) is 31.9 Å². The highest BCUT2D eigenvalue weighted by molar-refractivity contribution is 7.89. The predicted octanol–water partition coefficient (Wildman–Crippen LogP) is 1.75. The summed E-state index contributed by atoms with van der Waals surface area (Å²) < 4.78 is 27.6. The number of benzene rings is 2. The van der Waals surface area contributed by atoms with Crippen LogP contribution in [-0.4, -0.2) is 68.8 Å². The molecule has 1 heterocycles. The summed E-state index contributed by atoms with van der Waals surface area (Å²) in [7, 11) is -3.78. The maximum Gasteiger partial charge on any atom is 0.241 e. The summed E-state index contributed by atoms with van der Waals surface area (Å²) in [5.41, 5.74) is 2.83. The Hall–Kier alpha value is -2.75. The van der Waals surface area contributed by atoms with Crippen LogP contribution in [0.1, 0.15) is 18.1 Å². The van der Waals surface area contributed by atoms with Gasteiger partial charge in [-0.25, -0.2) is 8.42 Å². The third kappa shape index (κ3) is 6.38. The van der Waals surface area contributed by atoms with Crippen LogP contribution in [0.25, 0.3) is 0 Å². The van der Waals surface area contributed by atoms with E-state index in [1.165, 1.54) is 12.1 Å². The number of nitrogens with zero attached hydrogens (tertiary/aromatic N) is 2. The van der Waals surface area contributed by atoms with Gasteiger partial charge in [0.2, 0.25) is 21.8 Å². The molecule has 0 radical (unpaired) electrons. The highest BCUT2D eigenvalue weighted by Gasteiger charge is 2.28. The van der Waals surface area contributed by atoms with E-state index in [-0.39, 0.29) is 23.3 Å². The quantitative estimate of drug-likeness (QED) is 0.659. The number of sulfonamides is 1. The zero-order valence-electron chi connectivity index (χ0n) is 18.7. The Balaban J connectivity index is 1.47. The Morgan fingerprint density at radius 1 is 0.906 bits per heavy atom. The van der Waals surface area contributed by atoms with Crippen LogP contribution in [0.4, 0.5) is 5.69 Å². The van der Waals surface area contributed by atoms with E-state index in [4.69, 9.17) is 0 Å². The third-order valence-electron chi connectivity index (χ3n) is 5.42. The van der Waals surface area contributed by atoms with E-state index in [0.717, 1.165) is 16.8 Å². The van der Waals surface area contributed by atoms with Gasteiger partial charge in [0.1, 0.15) is 0 Å². The molecular weight excluding hydrogens is 428 g/mol. The second kappa shape index (κ2) is 10.2. The summed E-state index contributed by atoms with van der Waals surface area (Å²) in [6.45, 7) is 7.62. The first kappa shape index (κ1) is 23.9. The van der Waals surface area contributed by atoms with Crippen LogP contribution in [0.5, 0.6) is 0 Å². The molecule has 32 heavy (non-hydrogen) atoms. The van der Waals surface area contributed by atoms with E-state index in [2.05, 4.69) is 10.0 Å². The largest absolute Gasteiger partial charge is 0.339 e. The van der Waals surface area contributed by atoms with Gasteiger partial charge >= 0.3 is 0 Å². The van der Waals surface area contributed by atoms with Gasteiger partial charge < -0.3 is 10.2 Å². The molecule has 172 valence electrons. The lowest BCUT2D eigenvalue weighted by atomic mass is 10.2. The molecule has 2 aromatic carbocycles. The highest BCUT2D eigenvalue weighted by atomic mass is 32.2. The summed E-state index contributed by atoms with van der Waals surface area (Å²) >= 11 is 0. The molecule has 0 aliphatic carbocycles. The van der Waals surface area contributed by atoms with Crippen LogP contribution in [0.2, 0.25) is 0 Å². The molecule has 1 saturated heterocycles. The van der Waals surface area contributed by atoms with Gasteiger partial charge in [0.15, 0.2) is 0 Å². The molecule has 1 aliphatic heterocycles. The summed E-state index contributed by atoms with van der Waals surface area (Å²) in [5.74, 6) is -0.378. The minimum atomic E-state index is -3.78. The summed E-state index contributed by atoms with van der Waals surface area (Å²) in [6.07, 6.45) is 0. The van der Waals surface area contributed by atoms with Gasteiger partial charge in [-0.05, 0) is 45.0 Å². The molecule has 9 heteroatoms. The van der Waals surface area contributed by atoms with Crippen molar-refractivity contribution < 1.29 is 18.0 Å². The third-order valence-corrected chi connectivity index (χ3v) is 6.98. The zero-order chi connectivity index (χ0) is 23.3. The number of aryl methyl sites for hydroxylation is 2. The maximum atomic E-state index is 12.8. The van der Waals surface area contributed by atoms with E-state index in [9.17, 15) is 18.0 Å². The minimum Gasteiger partial charge on any atom is -0.339 e. The Bertz CT molecular complexity index is 1040. The first-order chi connectivity index (χ1) is 15.1. The number of rotatable bonds is 7. The zero-order valence-corrected chi connectivity index (χ0v) is 19.5. The molecule has 0 aromatic heterocycles. The van der Waals surface area contributed by atoms with Gasteiger partial charge in [0.05, 0.1) is 17.5 Å². The molecule has 0 bridgehead atoms. The van der Waals surface area contributed by atoms with E-state index in [1.807, 2.05) is 43.0 Å². The van der Waals surface area contributed by atoms with E-state index in [0.29, 0.717) is 26.2 Å². The van der Waals surface area contributed by atoms with Crippen molar-refractivity contribution in [2.24, 2.45) is 0 Å². The molecule has 2 amide bonds. The number of anilines is 1. The molecule has 1 fully saturated rings. The average molecular weight is 459 g/mol. The molecule has 0 saturated carbocycles. The molecule has 2 N–H and O–H groups in total. The first-order valence-corrected chi connectivity index (χ1v) is 12.1. The molecule has 2 aromatic rings. The number of carbonyl (C=O) groups is 2.